The topological polar surface area (TPSA) is 90.2 Å². The van der Waals surface area contributed by atoms with E-state index in [-0.39, 0.29) is 13.0 Å². The van der Waals surface area contributed by atoms with Crippen molar-refractivity contribution in [2.24, 2.45) is 5.92 Å². The van der Waals surface area contributed by atoms with Gasteiger partial charge in [-0.25, -0.2) is 13.1 Å². The number of sulfonamides is 1. The summed E-state index contributed by atoms with van der Waals surface area (Å²) in [6, 6.07) is 1.80. The Labute approximate surface area is 109 Å². The summed E-state index contributed by atoms with van der Waals surface area (Å²) in [5.41, 5.74) is -0.768. The molecule has 6 heteroatoms. The summed E-state index contributed by atoms with van der Waals surface area (Å²) in [4.78, 5) is 0. The van der Waals surface area contributed by atoms with E-state index in [0.29, 0.717) is 18.8 Å². The molecule has 0 heterocycles. The fourth-order valence-electron chi connectivity index (χ4n) is 2.36. The Hall–Kier alpha value is -0.640. The van der Waals surface area contributed by atoms with Gasteiger partial charge in [0, 0.05) is 0 Å². The number of rotatable bonds is 5. The van der Waals surface area contributed by atoms with E-state index in [1.165, 1.54) is 0 Å². The number of hydrogen-bond acceptors (Lipinski definition) is 4. The normalized spacial score (nSPS) is 30.7. The molecule has 0 spiro atoms. The number of aliphatic hydroxyl groups excluding tert-OH is 1. The Morgan fingerprint density at radius 3 is 2.44 bits per heavy atom. The molecule has 0 bridgehead atoms. The van der Waals surface area contributed by atoms with Crippen LogP contribution in [0.4, 0.5) is 0 Å². The zero-order valence-electron chi connectivity index (χ0n) is 11.0. The van der Waals surface area contributed by atoms with Gasteiger partial charge in [-0.2, -0.15) is 5.26 Å². The fourth-order valence-corrected chi connectivity index (χ4v) is 3.95. The van der Waals surface area contributed by atoms with E-state index in [2.05, 4.69) is 11.6 Å². The molecule has 2 N–H and O–H groups in total. The van der Waals surface area contributed by atoms with Crippen molar-refractivity contribution in [3.8, 4) is 6.07 Å². The Morgan fingerprint density at radius 1 is 1.50 bits per heavy atom. The van der Waals surface area contributed by atoms with Crippen LogP contribution < -0.4 is 4.72 Å². The average molecular weight is 274 g/mol. The lowest BCUT2D eigenvalue weighted by molar-refractivity contribution is 0.125. The third-order valence-electron chi connectivity index (χ3n) is 3.78. The van der Waals surface area contributed by atoms with Crippen molar-refractivity contribution in [3.63, 3.8) is 0 Å². The highest BCUT2D eigenvalue weighted by atomic mass is 32.2. The van der Waals surface area contributed by atoms with Gasteiger partial charge < -0.3 is 5.11 Å². The van der Waals surface area contributed by atoms with Crippen LogP contribution in [0, 0.1) is 17.2 Å². The zero-order valence-corrected chi connectivity index (χ0v) is 11.8. The largest absolute Gasteiger partial charge is 0.394 e. The maximum atomic E-state index is 12.1. The predicted molar refractivity (Wildman–Crippen MR) is 69.2 cm³/mol. The van der Waals surface area contributed by atoms with Gasteiger partial charge in [0.15, 0.2) is 5.25 Å². The molecule has 18 heavy (non-hydrogen) atoms. The van der Waals surface area contributed by atoms with Gasteiger partial charge in [-0.15, -0.1) is 0 Å². The number of hydrogen-bond donors (Lipinski definition) is 2. The second kappa shape index (κ2) is 6.00. The van der Waals surface area contributed by atoms with Crippen molar-refractivity contribution in [2.75, 3.05) is 6.61 Å². The molecule has 1 fully saturated rings. The van der Waals surface area contributed by atoms with Crippen LogP contribution in [0.2, 0.25) is 0 Å². The molecule has 0 aromatic rings. The highest BCUT2D eigenvalue weighted by molar-refractivity contribution is 7.90. The number of nitrogens with one attached hydrogen (secondary N) is 1. The molecule has 1 atom stereocenters. The molecule has 1 aliphatic rings. The molecule has 0 saturated heterocycles. The van der Waals surface area contributed by atoms with Crippen molar-refractivity contribution in [1.82, 2.24) is 4.72 Å². The van der Waals surface area contributed by atoms with Crippen molar-refractivity contribution in [1.29, 1.82) is 5.26 Å². The van der Waals surface area contributed by atoms with Crippen molar-refractivity contribution in [3.05, 3.63) is 0 Å². The maximum Gasteiger partial charge on any atom is 0.228 e. The Balaban J connectivity index is 2.84. The first-order valence-corrected chi connectivity index (χ1v) is 7.97. The summed E-state index contributed by atoms with van der Waals surface area (Å²) in [5.74, 6) is 0.562. The first kappa shape index (κ1) is 15.4. The van der Waals surface area contributed by atoms with Crippen LogP contribution in [0.1, 0.15) is 46.0 Å². The average Bonchev–Trinajstić information content (AvgIpc) is 2.33. The standard InChI is InChI=1S/C12H22N2O3S/c1-3-11(8-13)18(16,17)14-12(9-15)6-4-10(2)5-7-12/h10-11,14-15H,3-7,9H2,1-2H3. The van der Waals surface area contributed by atoms with E-state index in [1.54, 1.807) is 13.0 Å². The summed E-state index contributed by atoms with van der Waals surface area (Å²) in [5, 5.41) is 17.3. The SMILES string of the molecule is CCC(C#N)S(=O)(=O)NC1(CO)CCC(C)CC1. The Morgan fingerprint density at radius 2 is 2.06 bits per heavy atom. The highest BCUT2D eigenvalue weighted by Crippen LogP contribution is 2.32. The number of aliphatic hydroxyl groups is 1. The molecule has 0 aliphatic heterocycles. The summed E-state index contributed by atoms with van der Waals surface area (Å²) in [6.07, 6.45) is 3.31. The summed E-state index contributed by atoms with van der Waals surface area (Å²) < 4.78 is 26.7. The summed E-state index contributed by atoms with van der Waals surface area (Å²) in [6.45, 7) is 3.59. The Bertz CT molecular complexity index is 406. The molecule has 1 saturated carbocycles. The third-order valence-corrected chi connectivity index (χ3v) is 5.69. The van der Waals surface area contributed by atoms with Crippen LogP contribution in [0.15, 0.2) is 0 Å². The highest BCUT2D eigenvalue weighted by Gasteiger charge is 2.39. The summed E-state index contributed by atoms with van der Waals surface area (Å²) >= 11 is 0. The van der Waals surface area contributed by atoms with Gasteiger partial charge in [-0.3, -0.25) is 0 Å². The van der Waals surface area contributed by atoms with Gasteiger partial charge >= 0.3 is 0 Å². The van der Waals surface area contributed by atoms with Crippen LogP contribution in [-0.4, -0.2) is 30.9 Å². The van der Waals surface area contributed by atoms with Gasteiger partial charge in [0.05, 0.1) is 18.2 Å². The van der Waals surface area contributed by atoms with Crippen molar-refractivity contribution in [2.45, 2.75) is 56.7 Å². The minimum Gasteiger partial charge on any atom is -0.394 e. The van der Waals surface area contributed by atoms with E-state index in [1.807, 2.05) is 0 Å². The van der Waals surface area contributed by atoms with Gasteiger partial charge in [0.25, 0.3) is 0 Å². The van der Waals surface area contributed by atoms with Gasteiger partial charge in [0.2, 0.25) is 10.0 Å². The van der Waals surface area contributed by atoms with Crippen LogP contribution in [0.25, 0.3) is 0 Å². The molecule has 1 rings (SSSR count). The molecular formula is C12H22N2O3S. The van der Waals surface area contributed by atoms with Crippen molar-refractivity contribution < 1.29 is 13.5 Å². The smallest absolute Gasteiger partial charge is 0.228 e. The van der Waals surface area contributed by atoms with E-state index >= 15 is 0 Å². The Kier molecular flexibility index (Phi) is 5.14. The van der Waals surface area contributed by atoms with Crippen molar-refractivity contribution >= 4 is 10.0 Å². The number of nitriles is 1. The number of nitrogens with zero attached hydrogens (tertiary/aromatic N) is 1. The van der Waals surface area contributed by atoms with Gasteiger partial charge in [0.1, 0.15) is 0 Å². The quantitative estimate of drug-likeness (QED) is 0.787. The lowest BCUT2D eigenvalue weighted by Crippen LogP contribution is -2.55. The molecule has 104 valence electrons. The lowest BCUT2D eigenvalue weighted by Gasteiger charge is -2.38. The molecule has 5 nitrogen and oxygen atoms in total. The molecule has 1 aliphatic carbocycles. The van der Waals surface area contributed by atoms with E-state index in [4.69, 9.17) is 5.26 Å². The second-order valence-electron chi connectivity index (χ2n) is 5.29. The fraction of sp³-hybridized carbons (Fsp3) is 0.917. The first-order chi connectivity index (χ1) is 8.39. The monoisotopic (exact) mass is 274 g/mol. The van der Waals surface area contributed by atoms with Gasteiger partial charge in [-0.1, -0.05) is 13.8 Å². The minimum atomic E-state index is -3.68. The maximum absolute atomic E-state index is 12.1. The van der Waals surface area contributed by atoms with E-state index < -0.39 is 20.8 Å². The van der Waals surface area contributed by atoms with Crippen LogP contribution in [-0.2, 0) is 10.0 Å². The molecule has 1 unspecified atom stereocenters. The summed E-state index contributed by atoms with van der Waals surface area (Å²) in [7, 11) is -3.68. The molecule has 0 aromatic carbocycles. The van der Waals surface area contributed by atoms with E-state index in [0.717, 1.165) is 12.8 Å². The van der Waals surface area contributed by atoms with Crippen LogP contribution in [0.5, 0.6) is 0 Å². The molecule has 0 amide bonds. The minimum absolute atomic E-state index is 0.208. The van der Waals surface area contributed by atoms with E-state index in [9.17, 15) is 13.5 Å². The molecule has 0 aromatic heterocycles. The predicted octanol–water partition coefficient (Wildman–Crippen LogP) is 1.15. The first-order valence-electron chi connectivity index (χ1n) is 6.42. The third kappa shape index (κ3) is 3.44. The van der Waals surface area contributed by atoms with Gasteiger partial charge in [-0.05, 0) is 38.0 Å². The second-order valence-corrected chi connectivity index (χ2v) is 7.16. The molecular weight excluding hydrogens is 252 g/mol. The van der Waals surface area contributed by atoms with Crippen LogP contribution in [0.3, 0.4) is 0 Å². The lowest BCUT2D eigenvalue weighted by atomic mass is 9.78. The molecule has 0 radical (unpaired) electrons. The van der Waals surface area contributed by atoms with Crippen LogP contribution >= 0.6 is 0 Å². The zero-order chi connectivity index (χ0) is 13.8.